The maximum atomic E-state index is 12.4. The lowest BCUT2D eigenvalue weighted by Crippen LogP contribution is -2.01. The van der Waals surface area contributed by atoms with Crippen LogP contribution in [0.25, 0.3) is 11.1 Å². The number of fused-ring (bicyclic) bond motifs is 3. The van der Waals surface area contributed by atoms with Gasteiger partial charge in [-0.15, -0.1) is 0 Å². The van der Waals surface area contributed by atoms with Crippen molar-refractivity contribution in [3.8, 4) is 28.4 Å². The average Bonchev–Trinajstić information content (AvgIpc) is 2.70. The quantitative estimate of drug-likeness (QED) is 0.870. The Morgan fingerprint density at radius 1 is 0.818 bits per heavy atom. The average molecular weight is 298 g/mol. The highest BCUT2D eigenvalue weighted by atomic mass is 16.5. The van der Waals surface area contributed by atoms with Crippen LogP contribution in [0.2, 0.25) is 0 Å². The van der Waals surface area contributed by atoms with Crippen molar-refractivity contribution in [3.05, 3.63) is 41.5 Å². The van der Waals surface area contributed by atoms with Crippen LogP contribution in [0, 0.1) is 0 Å². The van der Waals surface area contributed by atoms with Gasteiger partial charge in [-0.3, -0.25) is 4.79 Å². The van der Waals surface area contributed by atoms with E-state index in [0.29, 0.717) is 30.1 Å². The second-order valence-corrected chi connectivity index (χ2v) is 5.14. The Morgan fingerprint density at radius 3 is 2.14 bits per heavy atom. The largest absolute Gasteiger partial charge is 0.493 e. The molecule has 0 aromatic heterocycles. The molecule has 22 heavy (non-hydrogen) atoms. The summed E-state index contributed by atoms with van der Waals surface area (Å²) in [5.74, 6) is 1.95. The van der Waals surface area contributed by atoms with E-state index >= 15 is 0 Å². The summed E-state index contributed by atoms with van der Waals surface area (Å²) in [6.45, 7) is 0. The number of methoxy groups -OCH3 is 3. The van der Waals surface area contributed by atoms with Gasteiger partial charge in [0.05, 0.1) is 21.3 Å². The second-order valence-electron chi connectivity index (χ2n) is 5.14. The third kappa shape index (κ3) is 2.11. The molecule has 114 valence electrons. The fourth-order valence-electron chi connectivity index (χ4n) is 3.04. The van der Waals surface area contributed by atoms with Crippen LogP contribution < -0.4 is 14.2 Å². The van der Waals surface area contributed by atoms with Crippen molar-refractivity contribution in [2.24, 2.45) is 0 Å². The van der Waals surface area contributed by atoms with Gasteiger partial charge in [0, 0.05) is 17.5 Å². The van der Waals surface area contributed by atoms with Crippen molar-refractivity contribution < 1.29 is 19.0 Å². The van der Waals surface area contributed by atoms with Crippen LogP contribution in [0.1, 0.15) is 22.3 Å². The molecule has 0 heterocycles. The highest BCUT2D eigenvalue weighted by Crippen LogP contribution is 2.47. The van der Waals surface area contributed by atoms with Gasteiger partial charge < -0.3 is 14.2 Å². The van der Waals surface area contributed by atoms with Gasteiger partial charge in [-0.1, -0.05) is 24.3 Å². The molecule has 0 amide bonds. The topological polar surface area (TPSA) is 44.8 Å². The van der Waals surface area contributed by atoms with Gasteiger partial charge in [0.15, 0.2) is 17.3 Å². The third-order valence-corrected chi connectivity index (χ3v) is 4.05. The number of Topliss-reactive ketones (excluding diaryl/α,β-unsaturated/α-hetero) is 1. The molecule has 3 rings (SSSR count). The third-order valence-electron chi connectivity index (χ3n) is 4.05. The van der Waals surface area contributed by atoms with Gasteiger partial charge in [-0.2, -0.15) is 0 Å². The summed E-state index contributed by atoms with van der Waals surface area (Å²) >= 11 is 0. The number of benzene rings is 2. The molecule has 0 unspecified atom stereocenters. The van der Waals surface area contributed by atoms with Crippen LogP contribution in [-0.2, 0) is 6.42 Å². The van der Waals surface area contributed by atoms with E-state index in [9.17, 15) is 4.79 Å². The van der Waals surface area contributed by atoms with Crippen LogP contribution >= 0.6 is 0 Å². The molecular weight excluding hydrogens is 280 g/mol. The first-order valence-electron chi connectivity index (χ1n) is 7.15. The Hall–Kier alpha value is -2.49. The number of ketones is 1. The van der Waals surface area contributed by atoms with Gasteiger partial charge in [0.25, 0.3) is 0 Å². The van der Waals surface area contributed by atoms with Crippen molar-refractivity contribution in [2.75, 3.05) is 21.3 Å². The molecule has 0 saturated heterocycles. The molecule has 0 saturated carbocycles. The van der Waals surface area contributed by atoms with E-state index in [1.165, 1.54) is 0 Å². The van der Waals surface area contributed by atoms with E-state index in [-0.39, 0.29) is 5.78 Å². The molecule has 0 spiro atoms. The molecular formula is C18H18O4. The molecule has 4 heteroatoms. The standard InChI is InChI=1S/C18H18O4/c1-20-16-10-14-11-6-4-5-7-12(11)15(19)9-8-13(14)17(21-2)18(16)22-3/h4-7,10H,8-9H2,1-3H3. The Labute approximate surface area is 129 Å². The zero-order chi connectivity index (χ0) is 15.7. The highest BCUT2D eigenvalue weighted by molar-refractivity contribution is 6.04. The highest BCUT2D eigenvalue weighted by Gasteiger charge is 2.26. The van der Waals surface area contributed by atoms with Crippen molar-refractivity contribution in [1.29, 1.82) is 0 Å². The maximum absolute atomic E-state index is 12.4. The summed E-state index contributed by atoms with van der Waals surface area (Å²) in [6.07, 6.45) is 1.07. The molecule has 2 aromatic rings. The molecule has 0 atom stereocenters. The van der Waals surface area contributed by atoms with Crippen LogP contribution in [0.3, 0.4) is 0 Å². The second kappa shape index (κ2) is 5.72. The Bertz CT molecular complexity index is 734. The zero-order valence-corrected chi connectivity index (χ0v) is 12.9. The summed E-state index contributed by atoms with van der Waals surface area (Å²) < 4.78 is 16.4. The molecule has 0 aliphatic heterocycles. The van der Waals surface area contributed by atoms with E-state index in [4.69, 9.17) is 14.2 Å². The van der Waals surface area contributed by atoms with Crippen LogP contribution in [0.4, 0.5) is 0 Å². The lowest BCUT2D eigenvalue weighted by atomic mass is 9.95. The molecule has 0 N–H and O–H groups in total. The Kier molecular flexibility index (Phi) is 3.75. The van der Waals surface area contributed by atoms with Crippen molar-refractivity contribution in [3.63, 3.8) is 0 Å². The van der Waals surface area contributed by atoms with Crippen LogP contribution in [0.5, 0.6) is 17.2 Å². The number of hydrogen-bond acceptors (Lipinski definition) is 4. The van der Waals surface area contributed by atoms with Gasteiger partial charge in [0.2, 0.25) is 5.75 Å². The summed E-state index contributed by atoms with van der Waals surface area (Å²) in [5.41, 5.74) is 3.61. The summed E-state index contributed by atoms with van der Waals surface area (Å²) in [5, 5.41) is 0. The number of carbonyl (C=O) groups excluding carboxylic acids is 1. The molecule has 1 aliphatic carbocycles. The fraction of sp³-hybridized carbons (Fsp3) is 0.278. The number of rotatable bonds is 3. The lowest BCUT2D eigenvalue weighted by Gasteiger charge is -2.18. The van der Waals surface area contributed by atoms with Crippen molar-refractivity contribution in [2.45, 2.75) is 12.8 Å². The van der Waals surface area contributed by atoms with Crippen LogP contribution in [-0.4, -0.2) is 27.1 Å². The van der Waals surface area contributed by atoms with E-state index in [0.717, 1.165) is 22.3 Å². The Morgan fingerprint density at radius 2 is 1.50 bits per heavy atom. The number of carbonyl (C=O) groups is 1. The van der Waals surface area contributed by atoms with Gasteiger partial charge in [-0.25, -0.2) is 0 Å². The minimum atomic E-state index is 0.145. The summed E-state index contributed by atoms with van der Waals surface area (Å²) in [7, 11) is 4.79. The van der Waals surface area contributed by atoms with Crippen LogP contribution in [0.15, 0.2) is 30.3 Å². The molecule has 0 radical (unpaired) electrons. The molecule has 0 fully saturated rings. The zero-order valence-electron chi connectivity index (χ0n) is 12.9. The number of ether oxygens (including phenoxy) is 3. The van der Waals surface area contributed by atoms with Crippen molar-refractivity contribution in [1.82, 2.24) is 0 Å². The van der Waals surface area contributed by atoms with E-state index in [1.54, 1.807) is 21.3 Å². The number of hydrogen-bond donors (Lipinski definition) is 0. The molecule has 1 aliphatic rings. The minimum Gasteiger partial charge on any atom is -0.493 e. The molecule has 2 aromatic carbocycles. The van der Waals surface area contributed by atoms with Gasteiger partial charge in [0.1, 0.15) is 0 Å². The van der Waals surface area contributed by atoms with Gasteiger partial charge in [-0.05, 0) is 23.6 Å². The Balaban J connectivity index is 2.36. The monoisotopic (exact) mass is 298 g/mol. The first-order chi connectivity index (χ1) is 10.7. The normalized spacial score (nSPS) is 13.0. The predicted octanol–water partition coefficient (Wildman–Crippen LogP) is 3.51. The SMILES string of the molecule is COc1cc2c(c(OC)c1OC)CCC(=O)c1ccccc1-2. The first kappa shape index (κ1) is 14.4. The van der Waals surface area contributed by atoms with E-state index in [1.807, 2.05) is 30.3 Å². The fourth-order valence-corrected chi connectivity index (χ4v) is 3.04. The lowest BCUT2D eigenvalue weighted by molar-refractivity contribution is 0.0984. The predicted molar refractivity (Wildman–Crippen MR) is 84.2 cm³/mol. The smallest absolute Gasteiger partial charge is 0.203 e. The van der Waals surface area contributed by atoms with E-state index in [2.05, 4.69) is 0 Å². The first-order valence-corrected chi connectivity index (χ1v) is 7.15. The molecule has 0 bridgehead atoms. The minimum absolute atomic E-state index is 0.145. The summed E-state index contributed by atoms with van der Waals surface area (Å²) in [6, 6.07) is 9.58. The maximum Gasteiger partial charge on any atom is 0.203 e. The molecule has 4 nitrogen and oxygen atoms in total. The van der Waals surface area contributed by atoms with Crippen molar-refractivity contribution >= 4 is 5.78 Å². The van der Waals surface area contributed by atoms with Gasteiger partial charge >= 0.3 is 0 Å². The van der Waals surface area contributed by atoms with E-state index < -0.39 is 0 Å². The summed E-state index contributed by atoms with van der Waals surface area (Å²) in [4.78, 5) is 12.4.